The second-order valence-corrected chi connectivity index (χ2v) is 8.54. The van der Waals surface area contributed by atoms with E-state index in [1.165, 1.54) is 18.9 Å². The third kappa shape index (κ3) is 8.63. The summed E-state index contributed by atoms with van der Waals surface area (Å²) in [5.74, 6) is -0.181. The molecule has 0 spiro atoms. The molecule has 2 amide bonds. The zero-order valence-electron chi connectivity index (χ0n) is 18.6. The van der Waals surface area contributed by atoms with Gasteiger partial charge in [0.1, 0.15) is 18.7 Å². The molecular formula is C24H30N2O5S. The Morgan fingerprint density at radius 1 is 0.906 bits per heavy atom. The lowest BCUT2D eigenvalue weighted by Crippen LogP contribution is -2.54. The Labute approximate surface area is 193 Å². The van der Waals surface area contributed by atoms with Gasteiger partial charge in [0.05, 0.1) is 7.11 Å². The first-order valence-corrected chi connectivity index (χ1v) is 11.5. The molecule has 0 aliphatic carbocycles. The van der Waals surface area contributed by atoms with E-state index in [4.69, 9.17) is 9.47 Å². The Bertz CT molecular complexity index is 861. The zero-order chi connectivity index (χ0) is 23.3. The lowest BCUT2D eigenvalue weighted by molar-refractivity contribution is -0.146. The van der Waals surface area contributed by atoms with Crippen LogP contribution in [0.4, 0.5) is 4.79 Å². The number of amides is 2. The first-order valence-electron chi connectivity index (χ1n) is 10.4. The molecule has 8 heteroatoms. The van der Waals surface area contributed by atoms with Crippen LogP contribution in [0.1, 0.15) is 25.0 Å². The van der Waals surface area contributed by atoms with Crippen LogP contribution >= 0.6 is 11.8 Å². The summed E-state index contributed by atoms with van der Waals surface area (Å²) in [4.78, 5) is 37.3. The minimum absolute atomic E-state index is 0.0922. The Morgan fingerprint density at radius 3 is 2.06 bits per heavy atom. The van der Waals surface area contributed by atoms with Crippen LogP contribution in [0.15, 0.2) is 60.7 Å². The third-order valence-electron chi connectivity index (χ3n) is 4.64. The molecule has 0 aromatic heterocycles. The highest BCUT2D eigenvalue weighted by Crippen LogP contribution is 2.14. The number of esters is 1. The fraction of sp³-hybridized carbons (Fsp3) is 0.375. The second kappa shape index (κ2) is 13.4. The number of nitrogens with one attached hydrogen (secondary N) is 2. The number of alkyl carbamates (subject to hydrolysis) is 1. The van der Waals surface area contributed by atoms with Crippen molar-refractivity contribution < 1.29 is 23.9 Å². The highest BCUT2D eigenvalue weighted by molar-refractivity contribution is 7.98. The van der Waals surface area contributed by atoms with E-state index in [0.717, 1.165) is 11.1 Å². The maximum Gasteiger partial charge on any atom is 0.408 e. The summed E-state index contributed by atoms with van der Waals surface area (Å²) in [7, 11) is 1.27. The van der Waals surface area contributed by atoms with Gasteiger partial charge in [0.25, 0.3) is 0 Å². The number of methoxy groups -OCH3 is 1. The smallest absolute Gasteiger partial charge is 0.408 e. The van der Waals surface area contributed by atoms with Crippen LogP contribution in [0.5, 0.6) is 0 Å². The molecule has 32 heavy (non-hydrogen) atoms. The number of carbonyl (C=O) groups excluding carboxylic acids is 3. The van der Waals surface area contributed by atoms with Crippen LogP contribution in [0, 0.1) is 5.92 Å². The fourth-order valence-electron chi connectivity index (χ4n) is 2.84. The van der Waals surface area contributed by atoms with Crippen LogP contribution < -0.4 is 10.6 Å². The van der Waals surface area contributed by atoms with Crippen molar-refractivity contribution in [3.8, 4) is 0 Å². The van der Waals surface area contributed by atoms with Crippen molar-refractivity contribution in [2.45, 2.75) is 38.3 Å². The molecule has 0 fully saturated rings. The molecule has 2 aromatic rings. The lowest BCUT2D eigenvalue weighted by atomic mass is 10.0. The predicted octanol–water partition coefficient (Wildman–Crippen LogP) is 3.53. The number of ether oxygens (including phenoxy) is 2. The fourth-order valence-corrected chi connectivity index (χ4v) is 3.85. The minimum Gasteiger partial charge on any atom is -0.467 e. The molecule has 2 atom stereocenters. The van der Waals surface area contributed by atoms with Gasteiger partial charge >= 0.3 is 12.1 Å². The summed E-state index contributed by atoms with van der Waals surface area (Å²) in [5.41, 5.74) is 1.95. The van der Waals surface area contributed by atoms with Gasteiger partial charge in [0.15, 0.2) is 0 Å². The van der Waals surface area contributed by atoms with Gasteiger partial charge in [-0.3, -0.25) is 4.79 Å². The summed E-state index contributed by atoms with van der Waals surface area (Å²) < 4.78 is 10.1. The van der Waals surface area contributed by atoms with Crippen molar-refractivity contribution in [3.05, 3.63) is 71.8 Å². The predicted molar refractivity (Wildman–Crippen MR) is 125 cm³/mol. The number of hydrogen-bond acceptors (Lipinski definition) is 6. The quantitative estimate of drug-likeness (QED) is 0.501. The van der Waals surface area contributed by atoms with E-state index in [9.17, 15) is 14.4 Å². The van der Waals surface area contributed by atoms with Gasteiger partial charge in [-0.05, 0) is 17.0 Å². The molecular weight excluding hydrogens is 428 g/mol. The number of carbonyl (C=O) groups is 3. The van der Waals surface area contributed by atoms with Gasteiger partial charge in [-0.15, -0.1) is 0 Å². The lowest BCUT2D eigenvalue weighted by Gasteiger charge is -2.24. The number of benzene rings is 2. The average Bonchev–Trinajstić information content (AvgIpc) is 2.81. The standard InChI is InChI=1S/C24H30N2O5S/c1-17(2)21(23(28)30-3)26-22(27)20(16-32-15-19-12-8-5-9-13-19)25-24(29)31-14-18-10-6-4-7-11-18/h4-13,17,20-21H,14-16H2,1-3H3,(H,25,29)(H,26,27). The van der Waals surface area contributed by atoms with Crippen molar-refractivity contribution in [1.29, 1.82) is 0 Å². The maximum atomic E-state index is 12.9. The molecule has 0 saturated carbocycles. The molecule has 2 unspecified atom stereocenters. The molecule has 0 aliphatic rings. The van der Waals surface area contributed by atoms with Gasteiger partial charge < -0.3 is 20.1 Å². The van der Waals surface area contributed by atoms with Gasteiger partial charge in [-0.25, -0.2) is 9.59 Å². The molecule has 0 bridgehead atoms. The Balaban J connectivity index is 2.00. The van der Waals surface area contributed by atoms with E-state index in [1.54, 1.807) is 0 Å². The minimum atomic E-state index is -0.877. The van der Waals surface area contributed by atoms with E-state index < -0.39 is 30.1 Å². The SMILES string of the molecule is COC(=O)C(NC(=O)C(CSCc1ccccc1)NC(=O)OCc1ccccc1)C(C)C. The van der Waals surface area contributed by atoms with Crippen molar-refractivity contribution >= 4 is 29.7 Å². The van der Waals surface area contributed by atoms with Crippen LogP contribution in [0.2, 0.25) is 0 Å². The van der Waals surface area contributed by atoms with Gasteiger partial charge in [-0.1, -0.05) is 74.5 Å². The molecule has 2 aromatic carbocycles. The highest BCUT2D eigenvalue weighted by atomic mass is 32.2. The van der Waals surface area contributed by atoms with E-state index in [1.807, 2.05) is 74.5 Å². The first-order chi connectivity index (χ1) is 15.4. The molecule has 2 N–H and O–H groups in total. The molecule has 0 heterocycles. The molecule has 7 nitrogen and oxygen atoms in total. The van der Waals surface area contributed by atoms with Crippen molar-refractivity contribution in [1.82, 2.24) is 10.6 Å². The topological polar surface area (TPSA) is 93.7 Å². The Kier molecular flexibility index (Phi) is 10.6. The molecule has 0 saturated heterocycles. The number of rotatable bonds is 11. The molecule has 2 rings (SSSR count). The van der Waals surface area contributed by atoms with Crippen molar-refractivity contribution in [2.24, 2.45) is 5.92 Å². The van der Waals surface area contributed by atoms with Crippen LogP contribution in [0.25, 0.3) is 0 Å². The van der Waals surface area contributed by atoms with Crippen molar-refractivity contribution in [3.63, 3.8) is 0 Å². The van der Waals surface area contributed by atoms with E-state index >= 15 is 0 Å². The van der Waals surface area contributed by atoms with Gasteiger partial charge in [0, 0.05) is 11.5 Å². The second-order valence-electron chi connectivity index (χ2n) is 7.51. The normalized spacial score (nSPS) is 12.5. The maximum absolute atomic E-state index is 12.9. The summed E-state index contributed by atoms with van der Waals surface area (Å²) in [5, 5.41) is 5.33. The monoisotopic (exact) mass is 458 g/mol. The van der Waals surface area contributed by atoms with Crippen LogP contribution in [-0.2, 0) is 31.4 Å². The third-order valence-corrected chi connectivity index (χ3v) is 5.74. The zero-order valence-corrected chi connectivity index (χ0v) is 19.4. The van der Waals surface area contributed by atoms with Gasteiger partial charge in [0.2, 0.25) is 5.91 Å². The van der Waals surface area contributed by atoms with Crippen molar-refractivity contribution in [2.75, 3.05) is 12.9 Å². The van der Waals surface area contributed by atoms with E-state index in [0.29, 0.717) is 11.5 Å². The largest absolute Gasteiger partial charge is 0.467 e. The van der Waals surface area contributed by atoms with E-state index in [2.05, 4.69) is 10.6 Å². The van der Waals surface area contributed by atoms with Gasteiger partial charge in [-0.2, -0.15) is 11.8 Å². The number of thioether (sulfide) groups is 1. The van der Waals surface area contributed by atoms with Crippen LogP contribution in [0.3, 0.4) is 0 Å². The highest BCUT2D eigenvalue weighted by Gasteiger charge is 2.29. The summed E-state index contributed by atoms with van der Waals surface area (Å²) >= 11 is 1.50. The molecule has 0 radical (unpaired) electrons. The summed E-state index contributed by atoms with van der Waals surface area (Å²) in [6, 6.07) is 17.4. The average molecular weight is 459 g/mol. The summed E-state index contributed by atoms with van der Waals surface area (Å²) in [6.45, 7) is 3.71. The first kappa shape index (κ1) is 25.3. The molecule has 172 valence electrons. The van der Waals surface area contributed by atoms with Crippen LogP contribution in [-0.4, -0.2) is 42.9 Å². The summed E-state index contributed by atoms with van der Waals surface area (Å²) in [6.07, 6.45) is -0.700. The molecule has 0 aliphatic heterocycles. The Hall–Kier alpha value is -3.00. The number of hydrogen-bond donors (Lipinski definition) is 2. The van der Waals surface area contributed by atoms with E-state index in [-0.39, 0.29) is 12.5 Å². The Morgan fingerprint density at radius 2 is 1.50 bits per heavy atom.